The van der Waals surface area contributed by atoms with Crippen LogP contribution in [0.25, 0.3) is 0 Å². The van der Waals surface area contributed by atoms with Crippen molar-refractivity contribution >= 4 is 23.4 Å². The van der Waals surface area contributed by atoms with Gasteiger partial charge in [0, 0.05) is 11.0 Å². The van der Waals surface area contributed by atoms with E-state index in [1.165, 1.54) is 12.1 Å². The smallest absolute Gasteiger partial charge is 0.269 e. The Balaban J connectivity index is 1.79. The molecule has 0 aliphatic heterocycles. The van der Waals surface area contributed by atoms with Crippen molar-refractivity contribution < 1.29 is 23.6 Å². The molecule has 2 unspecified atom stereocenters. The van der Waals surface area contributed by atoms with E-state index in [4.69, 9.17) is 0 Å². The zero-order chi connectivity index (χ0) is 18.6. The molecule has 2 aliphatic carbocycles. The molecule has 2 saturated carbocycles. The van der Waals surface area contributed by atoms with Gasteiger partial charge in [0.15, 0.2) is 0 Å². The molecule has 25 heavy (non-hydrogen) atoms. The zero-order valence-corrected chi connectivity index (χ0v) is 14.2. The van der Waals surface area contributed by atoms with Crippen molar-refractivity contribution in [3.8, 4) is 0 Å². The maximum atomic E-state index is 12.9. The fourth-order valence-corrected chi connectivity index (χ4v) is 4.17. The Morgan fingerprint density at radius 2 is 1.56 bits per heavy atom. The van der Waals surface area contributed by atoms with E-state index < -0.39 is 45.4 Å². The molecular formula is C18H19FN2O4. The number of hydrogen-bond donors (Lipinski definition) is 2. The van der Waals surface area contributed by atoms with Crippen LogP contribution in [0.15, 0.2) is 24.3 Å². The van der Waals surface area contributed by atoms with Crippen molar-refractivity contribution in [1.29, 1.82) is 0 Å². The molecule has 2 aliphatic rings. The van der Waals surface area contributed by atoms with Gasteiger partial charge in [-0.2, -0.15) is 0 Å². The normalized spacial score (nSPS) is 29.6. The third-order valence-electron chi connectivity index (χ3n) is 6.32. The van der Waals surface area contributed by atoms with E-state index in [0.29, 0.717) is 6.42 Å². The van der Waals surface area contributed by atoms with Crippen LogP contribution >= 0.6 is 0 Å². The highest BCUT2D eigenvalue weighted by atomic mass is 19.1. The highest BCUT2D eigenvalue weighted by molar-refractivity contribution is 6.48. The second-order valence-corrected chi connectivity index (χ2v) is 7.44. The number of hydrogen-bond acceptors (Lipinski definition) is 4. The number of benzene rings is 1. The van der Waals surface area contributed by atoms with Crippen LogP contribution in [0.5, 0.6) is 0 Å². The van der Waals surface area contributed by atoms with Crippen LogP contribution in [-0.2, 0) is 14.4 Å². The van der Waals surface area contributed by atoms with E-state index in [0.717, 1.165) is 12.1 Å². The SMILES string of the molecule is CC12CCC(C(=O)NNC(=O)c3ccc(F)cc3)(C(=O)C1=O)C2(C)C. The standard InChI is InChI=1S/C18H19FN2O4/c1-16(2)17(3)8-9-18(16,13(23)12(17)22)15(25)21-20-14(24)10-4-6-11(19)7-5-10/h4-7H,8-9H2,1-3H3,(H,20,24)(H,21,25). The molecule has 1 aromatic carbocycles. The van der Waals surface area contributed by atoms with Crippen LogP contribution in [0.3, 0.4) is 0 Å². The molecule has 2 N–H and O–H groups in total. The number of Topliss-reactive ketones (excluding diaryl/α,β-unsaturated/α-hetero) is 2. The number of fused-ring (bicyclic) bond motifs is 2. The number of hydrazine groups is 1. The summed E-state index contributed by atoms with van der Waals surface area (Å²) in [6.45, 7) is 5.20. The van der Waals surface area contributed by atoms with Crippen molar-refractivity contribution in [2.45, 2.75) is 33.6 Å². The number of halogens is 1. The number of carbonyl (C=O) groups excluding carboxylic acids is 4. The minimum absolute atomic E-state index is 0.156. The average Bonchev–Trinajstić information content (AvgIpc) is 2.85. The molecule has 7 heteroatoms. The van der Waals surface area contributed by atoms with Crippen LogP contribution in [0.1, 0.15) is 44.0 Å². The Morgan fingerprint density at radius 1 is 0.960 bits per heavy atom. The predicted molar refractivity (Wildman–Crippen MR) is 85.6 cm³/mol. The van der Waals surface area contributed by atoms with Gasteiger partial charge in [-0.1, -0.05) is 20.8 Å². The highest BCUT2D eigenvalue weighted by Crippen LogP contribution is 2.68. The van der Waals surface area contributed by atoms with Crippen molar-refractivity contribution in [2.75, 3.05) is 0 Å². The first kappa shape index (κ1) is 17.3. The highest BCUT2D eigenvalue weighted by Gasteiger charge is 2.77. The van der Waals surface area contributed by atoms with E-state index in [-0.39, 0.29) is 12.0 Å². The van der Waals surface area contributed by atoms with Gasteiger partial charge < -0.3 is 0 Å². The molecule has 2 bridgehead atoms. The van der Waals surface area contributed by atoms with Gasteiger partial charge in [-0.15, -0.1) is 0 Å². The number of rotatable bonds is 2. The first-order chi connectivity index (χ1) is 11.6. The molecule has 0 saturated heterocycles. The Bertz CT molecular complexity index is 802. The summed E-state index contributed by atoms with van der Waals surface area (Å²) in [5.74, 6) is -3.03. The Kier molecular flexibility index (Phi) is 3.60. The quantitative estimate of drug-likeness (QED) is 0.483. The monoisotopic (exact) mass is 346 g/mol. The van der Waals surface area contributed by atoms with Gasteiger partial charge in [-0.05, 0) is 42.5 Å². The lowest BCUT2D eigenvalue weighted by molar-refractivity contribution is -0.149. The summed E-state index contributed by atoms with van der Waals surface area (Å²) in [6, 6.07) is 4.80. The molecule has 1 aromatic rings. The summed E-state index contributed by atoms with van der Waals surface area (Å²) in [5, 5.41) is 0. The molecule has 3 rings (SSSR count). The zero-order valence-electron chi connectivity index (χ0n) is 14.2. The molecule has 2 amide bonds. The van der Waals surface area contributed by atoms with Crippen LogP contribution in [0, 0.1) is 22.1 Å². The lowest BCUT2D eigenvalue weighted by Gasteiger charge is -2.36. The fourth-order valence-electron chi connectivity index (χ4n) is 4.17. The lowest BCUT2D eigenvalue weighted by Crippen LogP contribution is -2.55. The van der Waals surface area contributed by atoms with Gasteiger partial charge >= 0.3 is 0 Å². The van der Waals surface area contributed by atoms with Gasteiger partial charge in [0.05, 0.1) is 0 Å². The van der Waals surface area contributed by atoms with Crippen molar-refractivity contribution in [1.82, 2.24) is 10.9 Å². The Morgan fingerprint density at radius 3 is 2.08 bits per heavy atom. The number of ketones is 2. The predicted octanol–water partition coefficient (Wildman–Crippen LogP) is 1.55. The number of amides is 2. The third-order valence-corrected chi connectivity index (χ3v) is 6.32. The minimum atomic E-state index is -1.48. The maximum Gasteiger partial charge on any atom is 0.269 e. The van der Waals surface area contributed by atoms with E-state index in [1.807, 2.05) is 0 Å². The van der Waals surface area contributed by atoms with Crippen LogP contribution in [0.2, 0.25) is 0 Å². The summed E-state index contributed by atoms with van der Waals surface area (Å²) in [6.07, 6.45) is 0.712. The second-order valence-electron chi connectivity index (χ2n) is 7.44. The average molecular weight is 346 g/mol. The Hall–Kier alpha value is -2.57. The van der Waals surface area contributed by atoms with Gasteiger partial charge in [-0.3, -0.25) is 30.0 Å². The van der Waals surface area contributed by atoms with E-state index >= 15 is 0 Å². The van der Waals surface area contributed by atoms with Gasteiger partial charge in [0.2, 0.25) is 11.6 Å². The molecule has 0 radical (unpaired) electrons. The summed E-state index contributed by atoms with van der Waals surface area (Å²) in [7, 11) is 0. The van der Waals surface area contributed by atoms with Crippen LogP contribution < -0.4 is 10.9 Å². The summed E-state index contributed by atoms with van der Waals surface area (Å²) >= 11 is 0. The number of carbonyl (C=O) groups is 4. The minimum Gasteiger partial charge on any atom is -0.290 e. The van der Waals surface area contributed by atoms with E-state index in [9.17, 15) is 23.6 Å². The molecule has 132 valence electrons. The lowest BCUT2D eigenvalue weighted by atomic mass is 9.64. The van der Waals surface area contributed by atoms with E-state index in [1.54, 1.807) is 20.8 Å². The van der Waals surface area contributed by atoms with Gasteiger partial charge in [0.1, 0.15) is 11.2 Å². The number of nitrogens with one attached hydrogen (secondary N) is 2. The molecule has 0 heterocycles. The molecule has 6 nitrogen and oxygen atoms in total. The first-order valence-electron chi connectivity index (χ1n) is 8.03. The molecular weight excluding hydrogens is 327 g/mol. The maximum absolute atomic E-state index is 12.9. The Labute approximate surface area is 144 Å². The third kappa shape index (κ3) is 2.01. The molecule has 2 atom stereocenters. The second kappa shape index (κ2) is 5.21. The molecule has 0 spiro atoms. The van der Waals surface area contributed by atoms with Crippen molar-refractivity contribution in [3.05, 3.63) is 35.6 Å². The topological polar surface area (TPSA) is 92.3 Å². The summed E-state index contributed by atoms with van der Waals surface area (Å²) in [4.78, 5) is 49.7. The summed E-state index contributed by atoms with van der Waals surface area (Å²) < 4.78 is 12.9. The largest absolute Gasteiger partial charge is 0.290 e. The van der Waals surface area contributed by atoms with Gasteiger partial charge in [0.25, 0.3) is 11.8 Å². The molecule has 0 aromatic heterocycles. The van der Waals surface area contributed by atoms with Crippen molar-refractivity contribution in [2.24, 2.45) is 16.2 Å². The van der Waals surface area contributed by atoms with Gasteiger partial charge in [-0.25, -0.2) is 4.39 Å². The first-order valence-corrected chi connectivity index (χ1v) is 8.03. The van der Waals surface area contributed by atoms with Crippen molar-refractivity contribution in [3.63, 3.8) is 0 Å². The molecule has 2 fully saturated rings. The van der Waals surface area contributed by atoms with Crippen LogP contribution in [-0.4, -0.2) is 23.4 Å². The van der Waals surface area contributed by atoms with E-state index in [2.05, 4.69) is 10.9 Å². The van der Waals surface area contributed by atoms with Crippen LogP contribution in [0.4, 0.5) is 4.39 Å². The summed E-state index contributed by atoms with van der Waals surface area (Å²) in [5.41, 5.74) is 1.47. The fraction of sp³-hybridized carbons (Fsp3) is 0.444.